The van der Waals surface area contributed by atoms with E-state index in [1.165, 1.54) is 37.7 Å². The summed E-state index contributed by atoms with van der Waals surface area (Å²) in [6.45, 7) is 0. The molecule has 0 heterocycles. The van der Waals surface area contributed by atoms with Crippen LogP contribution in [0.1, 0.15) is 43.7 Å². The number of rotatable bonds is 3. The first kappa shape index (κ1) is 13.0. The molecule has 94 valence electrons. The first-order valence-electron chi connectivity index (χ1n) is 6.34. The summed E-state index contributed by atoms with van der Waals surface area (Å²) in [5.41, 5.74) is 1.18. The van der Waals surface area contributed by atoms with E-state index in [0.717, 1.165) is 4.47 Å². The largest absolute Gasteiger partial charge is 0.313 e. The van der Waals surface area contributed by atoms with Crippen molar-refractivity contribution in [1.29, 1.82) is 0 Å². The summed E-state index contributed by atoms with van der Waals surface area (Å²) in [6, 6.07) is 5.34. The highest BCUT2D eigenvalue weighted by molar-refractivity contribution is 9.10. The van der Waals surface area contributed by atoms with Crippen molar-refractivity contribution in [3.05, 3.63) is 34.1 Å². The summed E-state index contributed by atoms with van der Waals surface area (Å²) in [5.74, 6) is 0.495. The zero-order chi connectivity index (χ0) is 12.3. The van der Waals surface area contributed by atoms with Crippen molar-refractivity contribution in [2.45, 2.75) is 38.1 Å². The second kappa shape index (κ2) is 5.96. The molecular weight excluding hydrogens is 281 g/mol. The first-order valence-corrected chi connectivity index (χ1v) is 7.14. The van der Waals surface area contributed by atoms with Crippen molar-refractivity contribution in [2.24, 2.45) is 5.92 Å². The van der Waals surface area contributed by atoms with E-state index in [1.807, 2.05) is 13.1 Å². The molecule has 1 fully saturated rings. The molecule has 1 aromatic carbocycles. The second-order valence-electron chi connectivity index (χ2n) is 4.83. The zero-order valence-electron chi connectivity index (χ0n) is 10.2. The number of nitrogens with one attached hydrogen (secondary N) is 1. The minimum Gasteiger partial charge on any atom is -0.313 e. The fraction of sp³-hybridized carbons (Fsp3) is 0.571. The van der Waals surface area contributed by atoms with E-state index in [1.54, 1.807) is 12.1 Å². The summed E-state index contributed by atoms with van der Waals surface area (Å²) in [4.78, 5) is 0. The van der Waals surface area contributed by atoms with Gasteiger partial charge in [-0.25, -0.2) is 4.39 Å². The van der Waals surface area contributed by atoms with Crippen LogP contribution in [0.5, 0.6) is 0 Å². The average molecular weight is 300 g/mol. The van der Waals surface area contributed by atoms with Gasteiger partial charge in [0.2, 0.25) is 0 Å². The van der Waals surface area contributed by atoms with E-state index in [4.69, 9.17) is 0 Å². The third-order valence-corrected chi connectivity index (χ3v) is 4.42. The van der Waals surface area contributed by atoms with Gasteiger partial charge in [0.05, 0.1) is 0 Å². The van der Waals surface area contributed by atoms with Crippen LogP contribution in [0.15, 0.2) is 22.7 Å². The third-order valence-electron chi connectivity index (χ3n) is 3.73. The normalized spacial score (nSPS) is 19.2. The molecule has 1 aromatic rings. The van der Waals surface area contributed by atoms with Gasteiger partial charge in [0.15, 0.2) is 0 Å². The molecule has 1 unspecified atom stereocenters. The van der Waals surface area contributed by atoms with E-state index in [9.17, 15) is 4.39 Å². The molecule has 0 amide bonds. The van der Waals surface area contributed by atoms with E-state index in [-0.39, 0.29) is 5.82 Å². The van der Waals surface area contributed by atoms with Crippen molar-refractivity contribution in [3.8, 4) is 0 Å². The molecule has 1 aliphatic carbocycles. The molecule has 1 atom stereocenters. The molecule has 1 N–H and O–H groups in total. The van der Waals surface area contributed by atoms with Crippen molar-refractivity contribution >= 4 is 15.9 Å². The smallest absolute Gasteiger partial charge is 0.124 e. The first-order chi connectivity index (χ1) is 8.22. The van der Waals surface area contributed by atoms with E-state index < -0.39 is 0 Å². The summed E-state index contributed by atoms with van der Waals surface area (Å²) in [6.07, 6.45) is 6.55. The molecule has 0 spiro atoms. The molecule has 0 bridgehead atoms. The predicted molar refractivity (Wildman–Crippen MR) is 72.5 cm³/mol. The van der Waals surface area contributed by atoms with Gasteiger partial charge in [0.1, 0.15) is 5.82 Å². The topological polar surface area (TPSA) is 12.0 Å². The predicted octanol–water partition coefficient (Wildman–Crippen LogP) is 4.43. The average Bonchev–Trinajstić information content (AvgIpc) is 2.34. The van der Waals surface area contributed by atoms with Gasteiger partial charge in [-0.15, -0.1) is 0 Å². The zero-order valence-corrected chi connectivity index (χ0v) is 11.8. The Hall–Kier alpha value is -0.410. The highest BCUT2D eigenvalue weighted by atomic mass is 79.9. The lowest BCUT2D eigenvalue weighted by Gasteiger charge is -2.31. The Bertz CT molecular complexity index is 374. The van der Waals surface area contributed by atoms with Crippen LogP contribution in [-0.4, -0.2) is 7.05 Å². The van der Waals surface area contributed by atoms with Gasteiger partial charge < -0.3 is 5.32 Å². The summed E-state index contributed by atoms with van der Waals surface area (Å²) < 4.78 is 14.0. The number of hydrogen-bond donors (Lipinski definition) is 1. The molecule has 17 heavy (non-hydrogen) atoms. The quantitative estimate of drug-likeness (QED) is 0.871. The fourth-order valence-electron chi connectivity index (χ4n) is 2.87. The third kappa shape index (κ3) is 3.08. The highest BCUT2D eigenvalue weighted by Gasteiger charge is 2.25. The van der Waals surface area contributed by atoms with Crippen molar-refractivity contribution in [2.75, 3.05) is 7.05 Å². The van der Waals surface area contributed by atoms with Gasteiger partial charge in [-0.05, 0) is 43.5 Å². The SMILES string of the molecule is CNC(c1ccc(F)cc1Br)C1CCCCC1. The second-order valence-corrected chi connectivity index (χ2v) is 5.68. The van der Waals surface area contributed by atoms with Gasteiger partial charge >= 0.3 is 0 Å². The Labute approximate surface area is 111 Å². The number of benzene rings is 1. The van der Waals surface area contributed by atoms with Gasteiger partial charge in [-0.3, -0.25) is 0 Å². The van der Waals surface area contributed by atoms with Crippen LogP contribution in [0.25, 0.3) is 0 Å². The van der Waals surface area contributed by atoms with E-state index in [0.29, 0.717) is 12.0 Å². The molecule has 0 saturated heterocycles. The standard InChI is InChI=1S/C14H19BrFN/c1-17-14(10-5-3-2-4-6-10)12-8-7-11(16)9-13(12)15/h7-10,14,17H,2-6H2,1H3. The lowest BCUT2D eigenvalue weighted by molar-refractivity contribution is 0.281. The number of hydrogen-bond acceptors (Lipinski definition) is 1. The number of halogens is 2. The maximum absolute atomic E-state index is 13.1. The van der Waals surface area contributed by atoms with E-state index in [2.05, 4.69) is 21.2 Å². The summed E-state index contributed by atoms with van der Waals surface area (Å²) in [5, 5.41) is 3.40. The summed E-state index contributed by atoms with van der Waals surface area (Å²) >= 11 is 3.48. The van der Waals surface area contributed by atoms with Crippen molar-refractivity contribution in [1.82, 2.24) is 5.32 Å². The van der Waals surface area contributed by atoms with Crippen molar-refractivity contribution < 1.29 is 4.39 Å². The fourth-order valence-corrected chi connectivity index (χ4v) is 3.46. The minimum atomic E-state index is -0.181. The molecule has 0 aliphatic heterocycles. The Kier molecular flexibility index (Phi) is 4.57. The molecule has 0 aromatic heterocycles. The van der Waals surface area contributed by atoms with Crippen LogP contribution in [0, 0.1) is 11.7 Å². The Morgan fingerprint density at radius 1 is 1.29 bits per heavy atom. The Morgan fingerprint density at radius 2 is 2.00 bits per heavy atom. The van der Waals surface area contributed by atoms with Crippen LogP contribution in [-0.2, 0) is 0 Å². The monoisotopic (exact) mass is 299 g/mol. The van der Waals surface area contributed by atoms with Gasteiger partial charge in [-0.2, -0.15) is 0 Å². The van der Waals surface area contributed by atoms with Crippen molar-refractivity contribution in [3.63, 3.8) is 0 Å². The van der Waals surface area contributed by atoms with Crippen LogP contribution < -0.4 is 5.32 Å². The molecular formula is C14H19BrFN. The van der Waals surface area contributed by atoms with Crippen LogP contribution in [0.3, 0.4) is 0 Å². The molecule has 2 rings (SSSR count). The minimum absolute atomic E-state index is 0.181. The summed E-state index contributed by atoms with van der Waals surface area (Å²) in [7, 11) is 2.00. The molecule has 0 radical (unpaired) electrons. The maximum atomic E-state index is 13.1. The molecule has 3 heteroatoms. The Balaban J connectivity index is 2.21. The molecule has 1 aliphatic rings. The van der Waals surface area contributed by atoms with Crippen LogP contribution in [0.4, 0.5) is 4.39 Å². The van der Waals surface area contributed by atoms with Crippen LogP contribution >= 0.6 is 15.9 Å². The molecule has 1 saturated carbocycles. The highest BCUT2D eigenvalue weighted by Crippen LogP contribution is 2.37. The Morgan fingerprint density at radius 3 is 2.59 bits per heavy atom. The van der Waals surface area contributed by atoms with Gasteiger partial charge in [0, 0.05) is 10.5 Å². The lowest BCUT2D eigenvalue weighted by atomic mass is 9.81. The van der Waals surface area contributed by atoms with Crippen LogP contribution in [0.2, 0.25) is 0 Å². The van der Waals surface area contributed by atoms with E-state index >= 15 is 0 Å². The molecule has 1 nitrogen and oxygen atoms in total. The lowest BCUT2D eigenvalue weighted by Crippen LogP contribution is -2.27. The maximum Gasteiger partial charge on any atom is 0.124 e. The van der Waals surface area contributed by atoms with Gasteiger partial charge in [-0.1, -0.05) is 41.3 Å². The van der Waals surface area contributed by atoms with Gasteiger partial charge in [0.25, 0.3) is 0 Å².